The molecule has 3 rings (SSSR count). The minimum Gasteiger partial charge on any atom is -0.550 e. The van der Waals surface area contributed by atoms with Crippen molar-refractivity contribution in [3.05, 3.63) is 63.7 Å². The predicted molar refractivity (Wildman–Crippen MR) is 89.9 cm³/mol. The van der Waals surface area contributed by atoms with Gasteiger partial charge in [-0.05, 0) is 23.3 Å². The maximum atomic E-state index is 12.3. The van der Waals surface area contributed by atoms with Gasteiger partial charge in [-0.3, -0.25) is 14.9 Å². The second kappa shape index (κ2) is 7.73. The van der Waals surface area contributed by atoms with E-state index in [2.05, 4.69) is 5.32 Å². The number of carbonyl (C=O) groups excluding carboxylic acids is 2. The number of nitrogens with one attached hydrogen (secondary N) is 1. The molecule has 0 aromatic heterocycles. The number of benzene rings is 2. The van der Waals surface area contributed by atoms with Crippen LogP contribution in [0.5, 0.6) is 11.5 Å². The van der Waals surface area contributed by atoms with Gasteiger partial charge in [0.05, 0.1) is 17.4 Å². The number of nitro groups is 1. The Balaban J connectivity index is 1.71. The molecule has 0 radical (unpaired) electrons. The van der Waals surface area contributed by atoms with Gasteiger partial charge in [-0.1, -0.05) is 18.2 Å². The largest absolute Gasteiger partial charge is 0.550 e. The first-order valence-electron chi connectivity index (χ1n) is 8.04. The lowest BCUT2D eigenvalue weighted by Gasteiger charge is -2.20. The van der Waals surface area contributed by atoms with Gasteiger partial charge >= 0.3 is 0 Å². The molecule has 140 valence electrons. The molecule has 2 aromatic rings. The van der Waals surface area contributed by atoms with Crippen LogP contribution >= 0.6 is 0 Å². The molecule has 1 aliphatic rings. The Kier molecular flexibility index (Phi) is 5.20. The van der Waals surface area contributed by atoms with Crippen LogP contribution in [0.4, 0.5) is 5.69 Å². The number of nitrogens with zero attached hydrogens (tertiary/aromatic N) is 1. The van der Waals surface area contributed by atoms with Gasteiger partial charge in [0.1, 0.15) is 0 Å². The highest BCUT2D eigenvalue weighted by atomic mass is 16.7. The van der Waals surface area contributed by atoms with E-state index in [1.807, 2.05) is 0 Å². The van der Waals surface area contributed by atoms with E-state index in [0.717, 1.165) is 0 Å². The van der Waals surface area contributed by atoms with Gasteiger partial charge in [0.2, 0.25) is 12.7 Å². The van der Waals surface area contributed by atoms with Crippen LogP contribution < -0.4 is 19.9 Å². The van der Waals surface area contributed by atoms with Crippen LogP contribution in [0.3, 0.4) is 0 Å². The molecule has 1 atom stereocenters. The van der Waals surface area contributed by atoms with Crippen molar-refractivity contribution in [2.24, 2.45) is 0 Å². The van der Waals surface area contributed by atoms with Crippen LogP contribution in [0.25, 0.3) is 0 Å². The lowest BCUT2D eigenvalue weighted by Crippen LogP contribution is -2.35. The maximum Gasteiger partial charge on any atom is 0.269 e. The Hall–Kier alpha value is -3.62. The second-order valence-corrected chi connectivity index (χ2v) is 5.91. The zero-order valence-electron chi connectivity index (χ0n) is 14.0. The van der Waals surface area contributed by atoms with E-state index in [1.54, 1.807) is 18.2 Å². The summed E-state index contributed by atoms with van der Waals surface area (Å²) in [6, 6.07) is 9.66. The summed E-state index contributed by atoms with van der Waals surface area (Å²) in [7, 11) is 0. The summed E-state index contributed by atoms with van der Waals surface area (Å²) in [4.78, 5) is 33.5. The molecular weight excluding hydrogens is 356 g/mol. The van der Waals surface area contributed by atoms with Crippen LogP contribution in [0, 0.1) is 10.1 Å². The summed E-state index contributed by atoms with van der Waals surface area (Å²) in [5, 5.41) is 24.4. The van der Waals surface area contributed by atoms with E-state index in [9.17, 15) is 24.8 Å². The standard InChI is InChI=1S/C18H16N2O7/c21-17(7-11-1-4-13(5-2-11)20(24)25)19-14(9-18(22)23)12-3-6-15-16(8-12)27-10-26-15/h1-6,8,14H,7,9-10H2,(H,19,21)(H,22,23)/p-1/t14-/m0/s1. The number of ether oxygens (including phenoxy) is 2. The average molecular weight is 371 g/mol. The molecule has 0 saturated carbocycles. The molecule has 9 heteroatoms. The van der Waals surface area contributed by atoms with Crippen molar-refractivity contribution in [3.63, 3.8) is 0 Å². The summed E-state index contributed by atoms with van der Waals surface area (Å²) < 4.78 is 10.5. The molecule has 27 heavy (non-hydrogen) atoms. The number of aliphatic carboxylic acids is 1. The van der Waals surface area contributed by atoms with E-state index >= 15 is 0 Å². The van der Waals surface area contributed by atoms with Crippen molar-refractivity contribution in [1.82, 2.24) is 5.32 Å². The highest BCUT2D eigenvalue weighted by Crippen LogP contribution is 2.34. The van der Waals surface area contributed by atoms with Gasteiger partial charge in [-0.2, -0.15) is 0 Å². The zero-order chi connectivity index (χ0) is 19.4. The molecular formula is C18H15N2O7-. The third-order valence-electron chi connectivity index (χ3n) is 4.02. The van der Waals surface area contributed by atoms with Gasteiger partial charge in [-0.15, -0.1) is 0 Å². The zero-order valence-corrected chi connectivity index (χ0v) is 14.0. The Morgan fingerprint density at radius 1 is 1.11 bits per heavy atom. The molecule has 0 aliphatic carbocycles. The highest BCUT2D eigenvalue weighted by molar-refractivity contribution is 5.80. The molecule has 0 fully saturated rings. The fraction of sp³-hybridized carbons (Fsp3) is 0.222. The Bertz CT molecular complexity index is 880. The Morgan fingerprint density at radius 3 is 2.48 bits per heavy atom. The van der Waals surface area contributed by atoms with Gasteiger partial charge in [-0.25, -0.2) is 0 Å². The Labute approximate surface area is 153 Å². The van der Waals surface area contributed by atoms with E-state index in [-0.39, 0.29) is 18.9 Å². The summed E-state index contributed by atoms with van der Waals surface area (Å²) in [5.41, 5.74) is 1.03. The number of hydrogen-bond acceptors (Lipinski definition) is 7. The molecule has 1 aliphatic heterocycles. The number of amides is 1. The van der Waals surface area contributed by atoms with E-state index in [4.69, 9.17) is 9.47 Å². The fourth-order valence-electron chi connectivity index (χ4n) is 2.72. The molecule has 2 aromatic carbocycles. The number of carboxylic acid groups (broad SMARTS) is 1. The number of hydrogen-bond donors (Lipinski definition) is 1. The van der Waals surface area contributed by atoms with Crippen LogP contribution in [-0.2, 0) is 16.0 Å². The van der Waals surface area contributed by atoms with Gasteiger partial charge in [0.15, 0.2) is 11.5 Å². The maximum absolute atomic E-state index is 12.3. The number of fused-ring (bicyclic) bond motifs is 1. The van der Waals surface area contributed by atoms with Gasteiger partial charge < -0.3 is 24.7 Å². The van der Waals surface area contributed by atoms with E-state index in [0.29, 0.717) is 22.6 Å². The van der Waals surface area contributed by atoms with Crippen LogP contribution in [0.1, 0.15) is 23.6 Å². The SMILES string of the molecule is O=C([O-])C[C@H](NC(=O)Cc1ccc([N+](=O)[O-])cc1)c1ccc2c(c1)OCO2. The molecule has 0 bridgehead atoms. The summed E-state index contributed by atoms with van der Waals surface area (Å²) in [6.07, 6.45) is -0.461. The highest BCUT2D eigenvalue weighted by Gasteiger charge is 2.20. The number of carbonyl (C=O) groups is 2. The van der Waals surface area contributed by atoms with E-state index < -0.39 is 29.3 Å². The lowest BCUT2D eigenvalue weighted by atomic mass is 10.0. The van der Waals surface area contributed by atoms with Crippen LogP contribution in [0.15, 0.2) is 42.5 Å². The molecule has 0 spiro atoms. The van der Waals surface area contributed by atoms with Crippen molar-refractivity contribution in [1.29, 1.82) is 0 Å². The molecule has 0 saturated heterocycles. The fourth-order valence-corrected chi connectivity index (χ4v) is 2.72. The predicted octanol–water partition coefficient (Wildman–Crippen LogP) is 0.864. The number of carboxylic acids is 1. The molecule has 1 heterocycles. The lowest BCUT2D eigenvalue weighted by molar-refractivity contribution is -0.384. The minimum atomic E-state index is -1.31. The van der Waals surface area contributed by atoms with Crippen molar-refractivity contribution < 1.29 is 29.1 Å². The first-order chi connectivity index (χ1) is 12.9. The molecule has 1 amide bonds. The monoisotopic (exact) mass is 371 g/mol. The first-order valence-corrected chi connectivity index (χ1v) is 8.04. The van der Waals surface area contributed by atoms with Crippen molar-refractivity contribution in [3.8, 4) is 11.5 Å². The molecule has 1 N–H and O–H groups in total. The number of non-ortho nitro benzene ring substituents is 1. The van der Waals surface area contributed by atoms with Crippen LogP contribution in [0.2, 0.25) is 0 Å². The smallest absolute Gasteiger partial charge is 0.269 e. The molecule has 9 nitrogen and oxygen atoms in total. The van der Waals surface area contributed by atoms with Crippen molar-refractivity contribution >= 4 is 17.6 Å². The summed E-state index contributed by atoms with van der Waals surface area (Å²) in [5.74, 6) is -0.718. The number of rotatable bonds is 7. The average Bonchev–Trinajstić information content (AvgIpc) is 3.09. The van der Waals surface area contributed by atoms with Gasteiger partial charge in [0.25, 0.3) is 5.69 Å². The minimum absolute atomic E-state index is 0.0495. The normalized spacial score (nSPS) is 13.0. The van der Waals surface area contributed by atoms with Crippen LogP contribution in [-0.4, -0.2) is 23.6 Å². The summed E-state index contributed by atoms with van der Waals surface area (Å²) >= 11 is 0. The number of nitro benzene ring substituents is 1. The second-order valence-electron chi connectivity index (χ2n) is 5.91. The van der Waals surface area contributed by atoms with E-state index in [1.165, 1.54) is 24.3 Å². The van der Waals surface area contributed by atoms with Crippen molar-refractivity contribution in [2.45, 2.75) is 18.9 Å². The topological polar surface area (TPSA) is 131 Å². The summed E-state index contributed by atoms with van der Waals surface area (Å²) in [6.45, 7) is 0.0798. The quantitative estimate of drug-likeness (QED) is 0.564. The third kappa shape index (κ3) is 4.51. The first kappa shape index (κ1) is 18.2. The third-order valence-corrected chi connectivity index (χ3v) is 4.02. The Morgan fingerprint density at radius 2 is 1.81 bits per heavy atom. The molecule has 0 unspecified atom stereocenters. The van der Waals surface area contributed by atoms with Gasteiger partial charge in [0, 0.05) is 24.5 Å². The van der Waals surface area contributed by atoms with Crippen molar-refractivity contribution in [2.75, 3.05) is 6.79 Å².